The number of likely N-dealkylation sites (N-methyl/N-ethyl adjacent to an activating group) is 2. The van der Waals surface area contributed by atoms with E-state index >= 15 is 0 Å². The van der Waals surface area contributed by atoms with E-state index in [-0.39, 0.29) is 11.8 Å². The molecule has 0 N–H and O–H groups in total. The van der Waals surface area contributed by atoms with Crippen LogP contribution in [0.3, 0.4) is 0 Å². The molecule has 1 aliphatic carbocycles. The van der Waals surface area contributed by atoms with Gasteiger partial charge in [-0.2, -0.15) is 4.31 Å². The van der Waals surface area contributed by atoms with Gasteiger partial charge in [0.25, 0.3) is 0 Å². The molecule has 0 bridgehead atoms. The highest BCUT2D eigenvalue weighted by Gasteiger charge is 2.34. The fourth-order valence-corrected chi connectivity index (χ4v) is 7.36. The summed E-state index contributed by atoms with van der Waals surface area (Å²) in [5, 5.41) is 0. The van der Waals surface area contributed by atoms with Gasteiger partial charge in [-0.15, -0.1) is 0 Å². The van der Waals surface area contributed by atoms with Gasteiger partial charge in [0.2, 0.25) is 15.9 Å². The second-order valence-electron chi connectivity index (χ2n) is 9.94. The summed E-state index contributed by atoms with van der Waals surface area (Å²) in [4.78, 5) is 17.7. The van der Waals surface area contributed by atoms with E-state index < -0.39 is 10.0 Å². The summed E-state index contributed by atoms with van der Waals surface area (Å²) in [6, 6.07) is 4.50. The molecule has 7 heteroatoms. The number of carbonyl (C=O) groups is 1. The number of amides is 1. The van der Waals surface area contributed by atoms with Crippen LogP contribution in [-0.2, 0) is 14.8 Å². The van der Waals surface area contributed by atoms with E-state index in [1.165, 1.54) is 32.1 Å². The summed E-state index contributed by atoms with van der Waals surface area (Å²) >= 11 is 0. The first-order valence-electron chi connectivity index (χ1n) is 12.1. The SMILES string of the molecule is Cc1cc(C)c(S(=O)(=O)N2CCC(C(=O)N(C)CCN(C)C3CCCCC3)CC2)c(C)c1. The van der Waals surface area contributed by atoms with Crippen molar-refractivity contribution in [2.24, 2.45) is 5.92 Å². The number of piperidine rings is 1. The molecule has 1 amide bonds. The van der Waals surface area contributed by atoms with Crippen LogP contribution < -0.4 is 0 Å². The van der Waals surface area contributed by atoms with Crippen LogP contribution in [0.2, 0.25) is 0 Å². The molecule has 1 aromatic rings. The highest BCUT2D eigenvalue weighted by molar-refractivity contribution is 7.89. The summed E-state index contributed by atoms with van der Waals surface area (Å²) in [6.07, 6.45) is 7.68. The molecular formula is C25H41N3O3S. The average Bonchev–Trinajstić information content (AvgIpc) is 2.76. The lowest BCUT2D eigenvalue weighted by molar-refractivity contribution is -0.135. The third-order valence-electron chi connectivity index (χ3n) is 7.37. The molecule has 0 spiro atoms. The Hall–Kier alpha value is -1.44. The lowest BCUT2D eigenvalue weighted by atomic mass is 9.94. The highest BCUT2D eigenvalue weighted by atomic mass is 32.2. The molecule has 0 radical (unpaired) electrons. The van der Waals surface area contributed by atoms with Crippen LogP contribution in [0.5, 0.6) is 0 Å². The number of sulfonamides is 1. The fourth-order valence-electron chi connectivity index (χ4n) is 5.48. The van der Waals surface area contributed by atoms with Crippen LogP contribution >= 0.6 is 0 Å². The van der Waals surface area contributed by atoms with Gasteiger partial charge in [0.15, 0.2) is 0 Å². The maximum atomic E-state index is 13.3. The van der Waals surface area contributed by atoms with Crippen molar-refractivity contribution in [3.8, 4) is 0 Å². The van der Waals surface area contributed by atoms with Gasteiger partial charge in [-0.3, -0.25) is 4.79 Å². The summed E-state index contributed by atoms with van der Waals surface area (Å²) in [5.74, 6) is 0.0634. The second kappa shape index (κ2) is 10.7. The van der Waals surface area contributed by atoms with Gasteiger partial charge in [0, 0.05) is 45.2 Å². The molecular weight excluding hydrogens is 422 g/mol. The largest absolute Gasteiger partial charge is 0.344 e. The lowest BCUT2D eigenvalue weighted by Gasteiger charge is -2.35. The number of benzene rings is 1. The van der Waals surface area contributed by atoms with Gasteiger partial charge in [0.05, 0.1) is 4.90 Å². The number of hydrogen-bond donors (Lipinski definition) is 0. The topological polar surface area (TPSA) is 60.9 Å². The van der Waals surface area contributed by atoms with Gasteiger partial charge in [0.1, 0.15) is 0 Å². The van der Waals surface area contributed by atoms with Crippen LogP contribution in [0.1, 0.15) is 61.6 Å². The van der Waals surface area contributed by atoms with Gasteiger partial charge in [-0.05, 0) is 64.6 Å². The summed E-state index contributed by atoms with van der Waals surface area (Å²) in [5.41, 5.74) is 2.66. The predicted molar refractivity (Wildman–Crippen MR) is 129 cm³/mol. The average molecular weight is 464 g/mol. The number of carbonyl (C=O) groups excluding carboxylic acids is 1. The van der Waals surface area contributed by atoms with E-state index in [1.54, 1.807) is 4.31 Å². The molecule has 0 atom stereocenters. The van der Waals surface area contributed by atoms with E-state index in [0.717, 1.165) is 29.8 Å². The normalized spacial score (nSPS) is 19.4. The molecule has 32 heavy (non-hydrogen) atoms. The van der Waals surface area contributed by atoms with Crippen LogP contribution in [0, 0.1) is 26.7 Å². The molecule has 1 saturated heterocycles. The van der Waals surface area contributed by atoms with Crippen molar-refractivity contribution >= 4 is 15.9 Å². The van der Waals surface area contributed by atoms with E-state index in [4.69, 9.17) is 0 Å². The maximum Gasteiger partial charge on any atom is 0.243 e. The van der Waals surface area contributed by atoms with E-state index in [9.17, 15) is 13.2 Å². The van der Waals surface area contributed by atoms with E-state index in [1.807, 2.05) is 44.9 Å². The zero-order chi connectivity index (χ0) is 23.5. The highest BCUT2D eigenvalue weighted by Crippen LogP contribution is 2.29. The zero-order valence-corrected chi connectivity index (χ0v) is 21.4. The molecule has 0 aromatic heterocycles. The zero-order valence-electron chi connectivity index (χ0n) is 20.6. The van der Waals surface area contributed by atoms with Crippen LogP contribution in [-0.4, -0.2) is 74.7 Å². The van der Waals surface area contributed by atoms with Crippen molar-refractivity contribution in [3.63, 3.8) is 0 Å². The number of rotatable bonds is 7. The fraction of sp³-hybridized carbons (Fsp3) is 0.720. The summed E-state index contributed by atoms with van der Waals surface area (Å²) < 4.78 is 28.2. The molecule has 1 aromatic carbocycles. The minimum atomic E-state index is -3.54. The van der Waals surface area contributed by atoms with Gasteiger partial charge in [-0.1, -0.05) is 37.0 Å². The molecule has 1 saturated carbocycles. The Kier molecular flexibility index (Phi) is 8.39. The summed E-state index contributed by atoms with van der Waals surface area (Å²) in [7, 11) is 0.520. The van der Waals surface area contributed by atoms with E-state index in [0.29, 0.717) is 36.9 Å². The van der Waals surface area contributed by atoms with Crippen molar-refractivity contribution in [2.45, 2.75) is 76.7 Å². The lowest BCUT2D eigenvalue weighted by Crippen LogP contribution is -2.45. The minimum Gasteiger partial charge on any atom is -0.344 e. The Bertz CT molecular complexity index is 878. The quantitative estimate of drug-likeness (QED) is 0.618. The first-order valence-corrected chi connectivity index (χ1v) is 13.6. The van der Waals surface area contributed by atoms with Crippen LogP contribution in [0.4, 0.5) is 0 Å². The first-order chi connectivity index (χ1) is 15.1. The molecule has 0 unspecified atom stereocenters. The second-order valence-corrected chi connectivity index (χ2v) is 11.8. The Labute approximate surface area is 195 Å². The summed E-state index contributed by atoms with van der Waals surface area (Å²) in [6.45, 7) is 8.14. The Morgan fingerprint density at radius 2 is 1.50 bits per heavy atom. The third kappa shape index (κ3) is 5.72. The monoisotopic (exact) mass is 463 g/mol. The number of aryl methyl sites for hydroxylation is 3. The van der Waals surface area contributed by atoms with Crippen molar-refractivity contribution < 1.29 is 13.2 Å². The molecule has 2 aliphatic rings. The molecule has 6 nitrogen and oxygen atoms in total. The minimum absolute atomic E-state index is 0.0911. The van der Waals surface area contributed by atoms with Crippen molar-refractivity contribution in [1.82, 2.24) is 14.1 Å². The smallest absolute Gasteiger partial charge is 0.243 e. The van der Waals surface area contributed by atoms with Gasteiger partial charge in [-0.25, -0.2) is 8.42 Å². The number of hydrogen-bond acceptors (Lipinski definition) is 4. The first kappa shape index (κ1) is 25.2. The maximum absolute atomic E-state index is 13.3. The Morgan fingerprint density at radius 1 is 0.938 bits per heavy atom. The van der Waals surface area contributed by atoms with Crippen molar-refractivity contribution in [2.75, 3.05) is 40.3 Å². The van der Waals surface area contributed by atoms with Crippen LogP contribution in [0.25, 0.3) is 0 Å². The standard InChI is InChI=1S/C25H41N3O3S/c1-19-17-20(2)24(21(3)18-19)32(30,31)28-13-11-22(12-14-28)25(29)27(5)16-15-26(4)23-9-7-6-8-10-23/h17-18,22-23H,6-16H2,1-5H3. The van der Waals surface area contributed by atoms with Crippen molar-refractivity contribution in [1.29, 1.82) is 0 Å². The Balaban J connectivity index is 1.54. The predicted octanol–water partition coefficient (Wildman–Crippen LogP) is 3.74. The molecule has 180 valence electrons. The van der Waals surface area contributed by atoms with Gasteiger partial charge >= 0.3 is 0 Å². The number of nitrogens with zero attached hydrogens (tertiary/aromatic N) is 3. The molecule has 3 rings (SSSR count). The molecule has 2 fully saturated rings. The van der Waals surface area contributed by atoms with Crippen molar-refractivity contribution in [3.05, 3.63) is 28.8 Å². The Morgan fingerprint density at radius 3 is 2.06 bits per heavy atom. The van der Waals surface area contributed by atoms with Gasteiger partial charge < -0.3 is 9.80 Å². The third-order valence-corrected chi connectivity index (χ3v) is 9.57. The molecule has 1 aliphatic heterocycles. The van der Waals surface area contributed by atoms with E-state index in [2.05, 4.69) is 11.9 Å². The van der Waals surface area contributed by atoms with Crippen LogP contribution in [0.15, 0.2) is 17.0 Å². The molecule has 1 heterocycles.